The van der Waals surface area contributed by atoms with Gasteiger partial charge in [-0.3, -0.25) is 9.79 Å². The molecule has 0 bridgehead atoms. The van der Waals surface area contributed by atoms with E-state index >= 15 is 0 Å². The number of hydrogen-bond donors (Lipinski definition) is 3. The molecule has 0 fully saturated rings. The molecule has 1 aromatic rings. The molecule has 1 amide bonds. The lowest BCUT2D eigenvalue weighted by atomic mass is 10.1. The molecule has 130 valence electrons. The van der Waals surface area contributed by atoms with Crippen LogP contribution in [0.4, 0.5) is 0 Å². The number of aliphatic imine (C=N–C) groups is 1. The summed E-state index contributed by atoms with van der Waals surface area (Å²) in [7, 11) is 0. The Balaban J connectivity index is 2.26. The van der Waals surface area contributed by atoms with Gasteiger partial charge in [0.25, 0.3) is 5.91 Å². The van der Waals surface area contributed by atoms with Crippen molar-refractivity contribution in [3.05, 3.63) is 23.7 Å². The Morgan fingerprint density at radius 2 is 2.04 bits per heavy atom. The number of guanidine groups is 1. The van der Waals surface area contributed by atoms with Crippen LogP contribution < -0.4 is 16.0 Å². The number of carbonyl (C=O) groups excluding carboxylic acids is 1. The van der Waals surface area contributed by atoms with Gasteiger partial charge in [-0.15, -0.1) is 0 Å². The number of aryl methyl sites for hydroxylation is 1. The quantitative estimate of drug-likeness (QED) is 0.370. The normalized spacial score (nSPS) is 11.6. The van der Waals surface area contributed by atoms with Gasteiger partial charge in [0.15, 0.2) is 11.7 Å². The lowest BCUT2D eigenvalue weighted by Crippen LogP contribution is -2.38. The summed E-state index contributed by atoms with van der Waals surface area (Å²) in [6.07, 6.45) is 3.43. The van der Waals surface area contributed by atoms with E-state index in [1.807, 2.05) is 13.8 Å². The van der Waals surface area contributed by atoms with Crippen LogP contribution in [-0.4, -0.2) is 38.0 Å². The lowest BCUT2D eigenvalue weighted by Gasteiger charge is -2.12. The first-order chi connectivity index (χ1) is 11.0. The average Bonchev–Trinajstić information content (AvgIpc) is 2.92. The maximum Gasteiger partial charge on any atom is 0.287 e. The number of nitrogens with one attached hydrogen (secondary N) is 3. The summed E-state index contributed by atoms with van der Waals surface area (Å²) in [6.45, 7) is 11.3. The Morgan fingerprint density at radius 3 is 2.65 bits per heavy atom. The fraction of sp³-hybridized carbons (Fsp3) is 0.647. The summed E-state index contributed by atoms with van der Waals surface area (Å²) < 4.78 is 5.16. The molecular weight excluding hydrogens is 292 g/mol. The van der Waals surface area contributed by atoms with E-state index in [9.17, 15) is 4.79 Å². The Kier molecular flexibility index (Phi) is 8.87. The maximum absolute atomic E-state index is 11.9. The summed E-state index contributed by atoms with van der Waals surface area (Å²) >= 11 is 0. The minimum Gasteiger partial charge on any atom is -0.459 e. The second-order valence-corrected chi connectivity index (χ2v) is 5.91. The average molecular weight is 322 g/mol. The fourth-order valence-electron chi connectivity index (χ4n) is 1.98. The predicted molar refractivity (Wildman–Crippen MR) is 93.8 cm³/mol. The van der Waals surface area contributed by atoms with Gasteiger partial charge in [-0.2, -0.15) is 0 Å². The molecule has 0 saturated carbocycles. The monoisotopic (exact) mass is 322 g/mol. The molecule has 0 spiro atoms. The van der Waals surface area contributed by atoms with Crippen LogP contribution in [0.1, 0.15) is 49.7 Å². The molecule has 1 rings (SSSR count). The zero-order chi connectivity index (χ0) is 17.1. The number of nitrogens with zero attached hydrogens (tertiary/aromatic N) is 1. The third-order valence-corrected chi connectivity index (χ3v) is 3.32. The number of carbonyl (C=O) groups is 1. The minimum absolute atomic E-state index is 0.168. The first kappa shape index (κ1) is 19.1. The first-order valence-electron chi connectivity index (χ1n) is 8.39. The summed E-state index contributed by atoms with van der Waals surface area (Å²) in [6, 6.07) is 1.78. The van der Waals surface area contributed by atoms with Gasteiger partial charge in [-0.05, 0) is 38.7 Å². The third kappa shape index (κ3) is 7.72. The molecule has 0 radical (unpaired) electrons. The highest BCUT2D eigenvalue weighted by Crippen LogP contribution is 2.07. The van der Waals surface area contributed by atoms with Gasteiger partial charge in [0, 0.05) is 31.7 Å². The van der Waals surface area contributed by atoms with Crippen molar-refractivity contribution in [1.82, 2.24) is 16.0 Å². The van der Waals surface area contributed by atoms with E-state index in [1.165, 1.54) is 6.26 Å². The van der Waals surface area contributed by atoms with E-state index in [2.05, 4.69) is 34.8 Å². The predicted octanol–water partition coefficient (Wildman–Crippen LogP) is 2.31. The van der Waals surface area contributed by atoms with Crippen molar-refractivity contribution >= 4 is 11.9 Å². The number of furan rings is 1. The van der Waals surface area contributed by atoms with Gasteiger partial charge < -0.3 is 20.4 Å². The molecule has 0 aromatic carbocycles. The highest BCUT2D eigenvalue weighted by atomic mass is 16.3. The molecule has 6 heteroatoms. The molecule has 1 aromatic heterocycles. The van der Waals surface area contributed by atoms with E-state index in [0.29, 0.717) is 24.8 Å². The molecule has 0 aliphatic rings. The Bertz CT molecular complexity index is 495. The van der Waals surface area contributed by atoms with E-state index < -0.39 is 0 Å². The van der Waals surface area contributed by atoms with Crippen LogP contribution in [0.2, 0.25) is 0 Å². The Morgan fingerprint density at radius 1 is 1.26 bits per heavy atom. The molecule has 0 saturated heterocycles. The summed E-state index contributed by atoms with van der Waals surface area (Å²) in [5.74, 6) is 1.72. The minimum atomic E-state index is -0.168. The summed E-state index contributed by atoms with van der Waals surface area (Å²) in [5, 5.41) is 9.39. The van der Waals surface area contributed by atoms with E-state index in [-0.39, 0.29) is 5.91 Å². The zero-order valence-corrected chi connectivity index (χ0v) is 14.7. The molecule has 0 unspecified atom stereocenters. The molecule has 0 atom stereocenters. The number of amides is 1. The lowest BCUT2D eigenvalue weighted by molar-refractivity contribution is 0.0925. The Hall–Kier alpha value is -1.98. The van der Waals surface area contributed by atoms with Gasteiger partial charge in [-0.1, -0.05) is 13.8 Å². The molecule has 3 N–H and O–H groups in total. The van der Waals surface area contributed by atoms with E-state index in [0.717, 1.165) is 37.5 Å². The second kappa shape index (κ2) is 10.7. The SMILES string of the molecule is CCNC(=NCCCNC(=O)c1occc1C)NCCC(C)C. The Labute approximate surface area is 139 Å². The largest absolute Gasteiger partial charge is 0.459 e. The summed E-state index contributed by atoms with van der Waals surface area (Å²) in [5.41, 5.74) is 0.851. The highest BCUT2D eigenvalue weighted by Gasteiger charge is 2.11. The van der Waals surface area contributed by atoms with Crippen molar-refractivity contribution in [2.75, 3.05) is 26.2 Å². The zero-order valence-electron chi connectivity index (χ0n) is 14.7. The van der Waals surface area contributed by atoms with Gasteiger partial charge in [-0.25, -0.2) is 0 Å². The van der Waals surface area contributed by atoms with Crippen LogP contribution in [0.25, 0.3) is 0 Å². The van der Waals surface area contributed by atoms with E-state index in [1.54, 1.807) is 6.07 Å². The van der Waals surface area contributed by atoms with Crippen molar-refractivity contribution in [3.8, 4) is 0 Å². The first-order valence-corrected chi connectivity index (χ1v) is 8.39. The smallest absolute Gasteiger partial charge is 0.287 e. The summed E-state index contributed by atoms with van der Waals surface area (Å²) in [4.78, 5) is 16.4. The van der Waals surface area contributed by atoms with Crippen LogP contribution in [0.5, 0.6) is 0 Å². The molecule has 0 aliphatic carbocycles. The molecule has 0 aliphatic heterocycles. The van der Waals surface area contributed by atoms with Crippen molar-refractivity contribution in [1.29, 1.82) is 0 Å². The topological polar surface area (TPSA) is 78.7 Å². The fourth-order valence-corrected chi connectivity index (χ4v) is 1.98. The van der Waals surface area contributed by atoms with Crippen molar-refractivity contribution in [2.45, 2.75) is 40.5 Å². The number of hydrogen-bond acceptors (Lipinski definition) is 3. The van der Waals surface area contributed by atoms with Crippen molar-refractivity contribution in [3.63, 3.8) is 0 Å². The van der Waals surface area contributed by atoms with Crippen molar-refractivity contribution in [2.24, 2.45) is 10.9 Å². The van der Waals surface area contributed by atoms with Crippen LogP contribution in [0.15, 0.2) is 21.7 Å². The molecule has 6 nitrogen and oxygen atoms in total. The third-order valence-electron chi connectivity index (χ3n) is 3.32. The standard InChI is InChI=1S/C17H30N4O2/c1-5-18-17(21-11-7-13(2)3)20-10-6-9-19-16(22)15-14(4)8-12-23-15/h8,12-13H,5-7,9-11H2,1-4H3,(H,19,22)(H2,18,20,21). The van der Waals surface area contributed by atoms with Crippen LogP contribution in [-0.2, 0) is 0 Å². The molecule has 23 heavy (non-hydrogen) atoms. The molecule has 1 heterocycles. The van der Waals surface area contributed by atoms with Crippen LogP contribution >= 0.6 is 0 Å². The van der Waals surface area contributed by atoms with Crippen molar-refractivity contribution < 1.29 is 9.21 Å². The second-order valence-electron chi connectivity index (χ2n) is 5.91. The van der Waals surface area contributed by atoms with Gasteiger partial charge >= 0.3 is 0 Å². The van der Waals surface area contributed by atoms with E-state index in [4.69, 9.17) is 4.42 Å². The van der Waals surface area contributed by atoms with Gasteiger partial charge in [0.05, 0.1) is 6.26 Å². The van der Waals surface area contributed by atoms with Crippen LogP contribution in [0, 0.1) is 12.8 Å². The number of rotatable bonds is 9. The highest BCUT2D eigenvalue weighted by molar-refractivity contribution is 5.92. The van der Waals surface area contributed by atoms with Gasteiger partial charge in [0.2, 0.25) is 0 Å². The maximum atomic E-state index is 11.9. The molecular formula is C17H30N4O2. The van der Waals surface area contributed by atoms with Gasteiger partial charge in [0.1, 0.15) is 0 Å². The van der Waals surface area contributed by atoms with Crippen LogP contribution in [0.3, 0.4) is 0 Å².